The minimum absolute atomic E-state index is 0.0186. The number of rotatable bonds is 46. The van der Waals surface area contributed by atoms with Crippen LogP contribution in [-0.2, 0) is 84.8 Å². The van der Waals surface area contributed by atoms with Gasteiger partial charge in [-0.1, -0.05) is 80.6 Å². The minimum atomic E-state index is -1.58. The van der Waals surface area contributed by atoms with Gasteiger partial charge in [0.05, 0.1) is 11.9 Å². The largest absolute Gasteiger partial charge is 0.508 e. The van der Waals surface area contributed by atoms with Gasteiger partial charge < -0.3 is 101 Å². The number of nitrogens with one attached hydrogen (secondary N) is 12. The standard InChI is InChI=1S/C84H112N16O15S3/c1-4-33-100-42-51(34-59-58-14-12-18-62-73(58)53(41-89-62)39-71(59)100)45-118-46-72(105)90-63(16-8-10-31-85)77(108)93-65(35-48-19-25-54(102)26-20-48)79(110)94-67(37-50-23-29-56(104)30-24-50)81(112)98-69(43-116)83(114)95-66(36-49-21-27-55(103)28-22-49)80(111)96-68(38-52-40-88-61-15-7-6-13-57(52)61)82(113)92-64(17-9-11-32-86)78(109)91-60(5-2)76(107)97-70(44-117)84(115)99-74(47(3)101)75(87)106/h6-7,12-15,18-30,40-41,47,51,59-60,63-71,74,88-89,101-104,116-117H,4-5,8-11,16-17,31-39,42-46,85-86H2,1-3H3,(H2,87,106)(H,90,105)(H,91,109)(H,92,113)(H,93,108)(H,94,110)(H,95,114)(H,96,111)(H,97,107)(H,98,112)(H,99,115)/t47-,51-,59-,60+,63+,64+,65-,66+,67-,68-,69+,70+,71-,74+/m1/s1. The first-order chi connectivity index (χ1) is 56.7. The number of H-pyrrole nitrogens is 2. The van der Waals surface area contributed by atoms with Gasteiger partial charge >= 0.3 is 0 Å². The van der Waals surface area contributed by atoms with Crippen molar-refractivity contribution in [3.63, 3.8) is 0 Å². The van der Waals surface area contributed by atoms with Crippen LogP contribution in [0.1, 0.15) is 118 Å². The molecule has 2 aliphatic rings. The molecule has 11 amide bonds. The van der Waals surface area contributed by atoms with Crippen LogP contribution in [0.25, 0.3) is 21.8 Å². The van der Waals surface area contributed by atoms with Crippen LogP contribution in [0.3, 0.4) is 0 Å². The molecule has 118 heavy (non-hydrogen) atoms. The highest BCUT2D eigenvalue weighted by atomic mass is 32.2. The lowest BCUT2D eigenvalue weighted by Crippen LogP contribution is -2.61. The maximum absolute atomic E-state index is 15.3. The fourth-order valence-corrected chi connectivity index (χ4v) is 16.7. The second-order valence-corrected chi connectivity index (χ2v) is 32.1. The van der Waals surface area contributed by atoms with E-state index in [4.69, 9.17) is 17.2 Å². The number of phenols is 3. The number of aliphatic hydroxyl groups is 1. The van der Waals surface area contributed by atoms with Gasteiger partial charge in [0.1, 0.15) is 77.7 Å². The summed E-state index contributed by atoms with van der Waals surface area (Å²) in [5.74, 6) is -8.85. The molecule has 0 radical (unpaired) electrons. The summed E-state index contributed by atoms with van der Waals surface area (Å²) in [4.78, 5) is 167. The number of aromatic amines is 2. The molecule has 14 atom stereocenters. The summed E-state index contributed by atoms with van der Waals surface area (Å²) < 4.78 is 0. The molecule has 1 aliphatic heterocycles. The predicted molar refractivity (Wildman–Crippen MR) is 457 cm³/mol. The van der Waals surface area contributed by atoms with Crippen LogP contribution in [0.4, 0.5) is 0 Å². The van der Waals surface area contributed by atoms with E-state index in [1.54, 1.807) is 49.5 Å². The number of carbonyl (C=O) groups is 11. The van der Waals surface area contributed by atoms with Crippen molar-refractivity contribution in [3.05, 3.63) is 161 Å². The van der Waals surface area contributed by atoms with E-state index in [-0.39, 0.29) is 92.1 Å². The quantitative estimate of drug-likeness (QED) is 0.0192. The van der Waals surface area contributed by atoms with Crippen molar-refractivity contribution >= 4 is 124 Å². The van der Waals surface area contributed by atoms with Gasteiger partial charge in [0.2, 0.25) is 65.0 Å². The fourth-order valence-electron chi connectivity index (χ4n) is 15.2. The number of piperidine rings is 1. The Morgan fingerprint density at radius 2 is 0.949 bits per heavy atom. The first-order valence-corrected chi connectivity index (χ1v) is 42.5. The van der Waals surface area contributed by atoms with Gasteiger partial charge in [-0.25, -0.2) is 0 Å². The van der Waals surface area contributed by atoms with Gasteiger partial charge in [-0.2, -0.15) is 37.0 Å². The summed E-state index contributed by atoms with van der Waals surface area (Å²) in [5.41, 5.74) is 23.6. The summed E-state index contributed by atoms with van der Waals surface area (Å²) >= 11 is 10.2. The summed E-state index contributed by atoms with van der Waals surface area (Å²) in [6.07, 6.45) is 6.21. The molecule has 31 nitrogen and oxygen atoms in total. The molecule has 0 saturated carbocycles. The Morgan fingerprint density at radius 1 is 0.517 bits per heavy atom. The van der Waals surface area contributed by atoms with E-state index in [1.165, 1.54) is 95.9 Å². The number of benzene rings is 5. The van der Waals surface area contributed by atoms with Crippen molar-refractivity contribution in [2.75, 3.05) is 49.2 Å². The molecule has 7 aromatic rings. The van der Waals surface area contributed by atoms with Gasteiger partial charge in [0, 0.05) is 89.9 Å². The Morgan fingerprint density at radius 3 is 1.43 bits per heavy atom. The number of aromatic nitrogens is 2. The molecule has 2 aromatic heterocycles. The number of phenolic OH excluding ortho intramolecular Hbond substituents is 3. The molecule has 34 heteroatoms. The van der Waals surface area contributed by atoms with Crippen LogP contribution >= 0.6 is 37.0 Å². The van der Waals surface area contributed by atoms with Crippen LogP contribution in [-0.4, -0.2) is 222 Å². The van der Waals surface area contributed by atoms with E-state index in [0.29, 0.717) is 83.1 Å². The maximum atomic E-state index is 15.3. The number of aromatic hydroxyl groups is 3. The van der Waals surface area contributed by atoms with Crippen LogP contribution in [0.15, 0.2) is 128 Å². The Kier molecular flexibility index (Phi) is 34.9. The number of hydrogen-bond acceptors (Lipinski definition) is 21. The van der Waals surface area contributed by atoms with Crippen LogP contribution < -0.4 is 70.4 Å². The van der Waals surface area contributed by atoms with E-state index in [0.717, 1.165) is 37.9 Å². The zero-order chi connectivity index (χ0) is 85.1. The number of carbonyl (C=O) groups excluding carboxylic acids is 11. The lowest BCUT2D eigenvalue weighted by atomic mass is 9.72. The van der Waals surface area contributed by atoms with Crippen molar-refractivity contribution in [1.29, 1.82) is 0 Å². The van der Waals surface area contributed by atoms with E-state index < -0.39 is 131 Å². The SMILES string of the molecule is CCCN1C[C@H](CSCC(=O)N[C@@H](CCCCN)C(=O)N[C@H](Cc2ccc(O)cc2)C(=O)N[C@H](Cc2ccc(O)cc2)C(=O)N[C@@H](CS)C(=O)N[C@@H](Cc2ccc(O)cc2)C(=O)N[C@H](Cc2c[nH]c3ccccc23)C(=O)N[C@@H](CCCCN)C(=O)N[C@@H](CC)C(=O)N[C@@H](CS)C(=O)N[C@H](C(N)=O)[C@@H](C)O)C[C@@H]2c3cccc4[nH]cc(c34)C[C@H]21. The molecular weight excluding hydrogens is 1570 g/mol. The van der Waals surface area contributed by atoms with E-state index in [9.17, 15) is 54.0 Å². The van der Waals surface area contributed by atoms with Crippen molar-refractivity contribution in [2.24, 2.45) is 23.1 Å². The van der Waals surface area contributed by atoms with Crippen LogP contribution in [0.2, 0.25) is 0 Å². The van der Waals surface area contributed by atoms with Crippen molar-refractivity contribution < 1.29 is 73.2 Å². The molecule has 3 heterocycles. The molecule has 5 aromatic carbocycles. The number of nitrogens with zero attached hydrogens (tertiary/aromatic N) is 1. The van der Waals surface area contributed by atoms with Crippen LogP contribution in [0.5, 0.6) is 17.2 Å². The van der Waals surface area contributed by atoms with E-state index in [1.807, 2.05) is 0 Å². The smallest absolute Gasteiger partial charge is 0.244 e. The Bertz CT molecular complexity index is 4570. The number of primary amides is 1. The van der Waals surface area contributed by atoms with Gasteiger partial charge in [-0.05, 0) is 184 Å². The molecule has 636 valence electrons. The van der Waals surface area contributed by atoms with Gasteiger partial charge in [0.25, 0.3) is 0 Å². The molecule has 9 rings (SSSR count). The normalized spacial score (nSPS) is 17.2. The van der Waals surface area contributed by atoms with E-state index >= 15 is 19.2 Å². The first-order valence-electron chi connectivity index (χ1n) is 40.1. The number of amides is 11. The molecule has 0 unspecified atom stereocenters. The number of thiol groups is 2. The predicted octanol–water partition coefficient (Wildman–Crippen LogP) is 2.45. The third-order valence-corrected chi connectivity index (χ3v) is 23.4. The van der Waals surface area contributed by atoms with Crippen molar-refractivity contribution in [2.45, 2.75) is 189 Å². The number of aliphatic hydroxyl groups excluding tert-OH is 1. The number of hydrogen-bond donors (Lipinski definition) is 21. The Labute approximate surface area is 700 Å². The summed E-state index contributed by atoms with van der Waals surface area (Å²) in [6, 6.07) is 17.1. The summed E-state index contributed by atoms with van der Waals surface area (Å²) in [7, 11) is 0. The lowest BCUT2D eigenvalue weighted by molar-refractivity contribution is -0.136. The zero-order valence-corrected chi connectivity index (χ0v) is 69.1. The number of likely N-dealkylation sites (tertiary alicyclic amines) is 1. The summed E-state index contributed by atoms with van der Waals surface area (Å²) in [6.45, 7) is 7.38. The van der Waals surface area contributed by atoms with Gasteiger partial charge in [0.15, 0.2) is 0 Å². The summed E-state index contributed by atoms with van der Waals surface area (Å²) in [5, 5.41) is 70.0. The lowest BCUT2D eigenvalue weighted by Gasteiger charge is -2.47. The molecule has 1 aliphatic carbocycles. The number of unbranched alkanes of at least 4 members (excludes halogenated alkanes) is 2. The minimum Gasteiger partial charge on any atom is -0.508 e. The third-order valence-electron chi connectivity index (χ3n) is 21.5. The molecule has 1 fully saturated rings. The zero-order valence-electron chi connectivity index (χ0n) is 66.5. The van der Waals surface area contributed by atoms with Gasteiger partial charge in [-0.15, -0.1) is 0 Å². The van der Waals surface area contributed by atoms with Crippen molar-refractivity contribution in [1.82, 2.24) is 68.0 Å². The van der Waals surface area contributed by atoms with Crippen molar-refractivity contribution in [3.8, 4) is 17.2 Å². The number of para-hydroxylation sites is 1. The fraction of sp³-hybridized carbons (Fsp3) is 0.464. The molecule has 1 saturated heterocycles. The average molecular weight is 1680 g/mol. The highest BCUT2D eigenvalue weighted by Gasteiger charge is 2.42. The average Bonchev–Trinajstić information content (AvgIpc) is 1.51. The number of fused-ring (bicyclic) bond motifs is 3. The Hall–Kier alpha value is -10.4. The molecule has 22 N–H and O–H groups in total. The second-order valence-electron chi connectivity index (χ2n) is 30.3. The third kappa shape index (κ3) is 25.8. The van der Waals surface area contributed by atoms with Crippen LogP contribution in [0, 0.1) is 5.92 Å². The number of nitrogens with two attached hydrogens (primary N) is 3. The highest BCUT2D eigenvalue weighted by Crippen LogP contribution is 2.45. The maximum Gasteiger partial charge on any atom is 0.244 e. The molecule has 0 bridgehead atoms. The first kappa shape index (κ1) is 91.5. The highest BCUT2D eigenvalue weighted by molar-refractivity contribution is 7.99. The topological polar surface area (TPSA) is 502 Å². The molecule has 0 spiro atoms. The number of thioether (sulfide) groups is 1. The molecular formula is C84H112N16O15S3. The van der Waals surface area contributed by atoms with Gasteiger partial charge in [-0.3, -0.25) is 57.6 Å². The second kappa shape index (κ2) is 45.0. The van der Waals surface area contributed by atoms with E-state index in [2.05, 4.69) is 125 Å². The Balaban J connectivity index is 0.924. The monoisotopic (exact) mass is 1680 g/mol.